The van der Waals surface area contributed by atoms with Gasteiger partial charge in [-0.3, -0.25) is 0 Å². The molecule has 0 bridgehead atoms. The quantitative estimate of drug-likeness (QED) is 0.580. The first kappa shape index (κ1) is 8.00. The molecular formula is C5H3ClFIN2. The summed E-state index contributed by atoms with van der Waals surface area (Å²) >= 11 is 7.20. The van der Waals surface area contributed by atoms with Crippen LogP contribution in [0.25, 0.3) is 0 Å². The average molecular weight is 272 g/mol. The molecule has 0 saturated carbocycles. The first-order valence-corrected chi connectivity index (χ1v) is 3.83. The van der Waals surface area contributed by atoms with E-state index < -0.39 is 5.82 Å². The van der Waals surface area contributed by atoms with Gasteiger partial charge in [-0.1, -0.05) is 11.6 Å². The van der Waals surface area contributed by atoms with Crippen molar-refractivity contribution < 1.29 is 4.39 Å². The van der Waals surface area contributed by atoms with Gasteiger partial charge in [-0.2, -0.15) is 0 Å². The van der Waals surface area contributed by atoms with Crippen LogP contribution in [0, 0.1) is 9.39 Å². The molecule has 5 heteroatoms. The molecule has 0 fully saturated rings. The molecule has 1 aromatic rings. The highest BCUT2D eigenvalue weighted by atomic mass is 127. The van der Waals surface area contributed by atoms with Crippen molar-refractivity contribution in [2.24, 2.45) is 0 Å². The highest BCUT2D eigenvalue weighted by molar-refractivity contribution is 14.1. The van der Waals surface area contributed by atoms with Crippen LogP contribution < -0.4 is 5.73 Å². The predicted octanol–water partition coefficient (Wildman–Crippen LogP) is 2.06. The molecule has 0 aromatic carbocycles. The maximum absolute atomic E-state index is 12.7. The standard InChI is InChI=1S/C5H3ClFIN2/c6-5-3(7)4(9)2(8)1-10-5/h1H,(H2,9,10). The zero-order chi connectivity index (χ0) is 7.72. The normalized spacial score (nSPS) is 9.90. The van der Waals surface area contributed by atoms with Crippen LogP contribution in [0.2, 0.25) is 5.15 Å². The number of rotatable bonds is 0. The maximum Gasteiger partial charge on any atom is 0.184 e. The third-order valence-corrected chi connectivity index (χ3v) is 2.09. The minimum atomic E-state index is -0.645. The summed E-state index contributed by atoms with van der Waals surface area (Å²) in [5.41, 5.74) is 5.33. The molecule has 0 saturated heterocycles. The van der Waals surface area contributed by atoms with Gasteiger partial charge in [0.15, 0.2) is 11.0 Å². The SMILES string of the molecule is Nc1c(I)cnc(Cl)c1F. The third-order valence-electron chi connectivity index (χ3n) is 0.966. The van der Waals surface area contributed by atoms with Gasteiger partial charge in [0.05, 0.1) is 9.26 Å². The van der Waals surface area contributed by atoms with E-state index >= 15 is 0 Å². The van der Waals surface area contributed by atoms with E-state index in [-0.39, 0.29) is 10.8 Å². The van der Waals surface area contributed by atoms with Crippen molar-refractivity contribution >= 4 is 39.9 Å². The molecule has 2 N–H and O–H groups in total. The number of hydrogen-bond donors (Lipinski definition) is 1. The smallest absolute Gasteiger partial charge is 0.184 e. The van der Waals surface area contributed by atoms with Gasteiger partial charge < -0.3 is 5.73 Å². The fourth-order valence-corrected chi connectivity index (χ4v) is 0.982. The number of aromatic nitrogens is 1. The second-order valence-electron chi connectivity index (χ2n) is 1.62. The minimum Gasteiger partial charge on any atom is -0.395 e. The molecule has 0 atom stereocenters. The van der Waals surface area contributed by atoms with Gasteiger partial charge in [0.2, 0.25) is 0 Å². The van der Waals surface area contributed by atoms with E-state index in [2.05, 4.69) is 4.98 Å². The van der Waals surface area contributed by atoms with E-state index in [4.69, 9.17) is 17.3 Å². The molecule has 0 aliphatic heterocycles. The lowest BCUT2D eigenvalue weighted by atomic mass is 10.4. The van der Waals surface area contributed by atoms with Crippen molar-refractivity contribution in [2.45, 2.75) is 0 Å². The van der Waals surface area contributed by atoms with Crippen molar-refractivity contribution in [3.05, 3.63) is 20.7 Å². The molecule has 1 aromatic heterocycles. The van der Waals surface area contributed by atoms with Crippen LogP contribution in [-0.4, -0.2) is 4.98 Å². The fraction of sp³-hybridized carbons (Fsp3) is 0. The number of nitrogens with two attached hydrogens (primary N) is 1. The lowest BCUT2D eigenvalue weighted by molar-refractivity contribution is 0.626. The Bertz CT molecular complexity index is 239. The molecule has 10 heavy (non-hydrogen) atoms. The van der Waals surface area contributed by atoms with Gasteiger partial charge >= 0.3 is 0 Å². The Kier molecular flexibility index (Phi) is 2.30. The third kappa shape index (κ3) is 1.32. The van der Waals surface area contributed by atoms with Gasteiger partial charge in [0.25, 0.3) is 0 Å². The Morgan fingerprint density at radius 3 is 2.80 bits per heavy atom. The second kappa shape index (κ2) is 2.87. The van der Waals surface area contributed by atoms with Gasteiger partial charge in [-0.15, -0.1) is 0 Å². The van der Waals surface area contributed by atoms with E-state index in [1.807, 2.05) is 22.6 Å². The lowest BCUT2D eigenvalue weighted by Gasteiger charge is -1.98. The van der Waals surface area contributed by atoms with E-state index in [0.717, 1.165) is 0 Å². The first-order chi connectivity index (χ1) is 4.63. The van der Waals surface area contributed by atoms with E-state index in [9.17, 15) is 4.39 Å². The van der Waals surface area contributed by atoms with E-state index in [1.54, 1.807) is 0 Å². The van der Waals surface area contributed by atoms with E-state index in [0.29, 0.717) is 3.57 Å². The van der Waals surface area contributed by atoms with Crippen LogP contribution in [0.15, 0.2) is 6.20 Å². The summed E-state index contributed by atoms with van der Waals surface area (Å²) in [5, 5.41) is -0.182. The number of halogens is 3. The minimum absolute atomic E-state index is 0.0561. The van der Waals surface area contributed by atoms with Crippen LogP contribution in [-0.2, 0) is 0 Å². The summed E-state index contributed by atoms with van der Waals surface area (Å²) in [7, 11) is 0. The summed E-state index contributed by atoms with van der Waals surface area (Å²) in [6.45, 7) is 0. The number of pyridine rings is 1. The molecule has 0 aliphatic carbocycles. The van der Waals surface area contributed by atoms with E-state index in [1.165, 1.54) is 6.20 Å². The molecular weight excluding hydrogens is 269 g/mol. The van der Waals surface area contributed by atoms with Gasteiger partial charge in [0, 0.05) is 6.20 Å². The summed E-state index contributed by atoms with van der Waals surface area (Å²) in [4.78, 5) is 3.54. The summed E-state index contributed by atoms with van der Waals surface area (Å²) in [6.07, 6.45) is 1.42. The first-order valence-electron chi connectivity index (χ1n) is 2.38. The Morgan fingerprint density at radius 2 is 2.30 bits per heavy atom. The molecule has 1 rings (SSSR count). The molecule has 0 unspecified atom stereocenters. The van der Waals surface area contributed by atoms with Crippen molar-refractivity contribution in [3.63, 3.8) is 0 Å². The highest BCUT2D eigenvalue weighted by Gasteiger charge is 2.07. The van der Waals surface area contributed by atoms with Crippen molar-refractivity contribution in [2.75, 3.05) is 5.73 Å². The molecule has 0 aliphatic rings. The zero-order valence-corrected chi connectivity index (χ0v) is 7.65. The molecule has 2 nitrogen and oxygen atoms in total. The maximum atomic E-state index is 12.7. The lowest BCUT2D eigenvalue weighted by Crippen LogP contribution is -1.96. The predicted molar refractivity (Wildman–Crippen MR) is 46.3 cm³/mol. The van der Waals surface area contributed by atoms with Crippen LogP contribution in [0.4, 0.5) is 10.1 Å². The summed E-state index contributed by atoms with van der Waals surface area (Å²) in [6, 6.07) is 0. The Labute approximate surface area is 75.7 Å². The van der Waals surface area contributed by atoms with Gasteiger partial charge in [0.1, 0.15) is 0 Å². The van der Waals surface area contributed by atoms with Crippen LogP contribution in [0.5, 0.6) is 0 Å². The van der Waals surface area contributed by atoms with Crippen molar-refractivity contribution in [1.82, 2.24) is 4.98 Å². The number of anilines is 1. The molecule has 0 spiro atoms. The summed E-state index contributed by atoms with van der Waals surface area (Å²) < 4.78 is 13.2. The zero-order valence-electron chi connectivity index (χ0n) is 4.74. The number of nitrogen functional groups attached to an aromatic ring is 1. The Morgan fingerprint density at radius 1 is 1.70 bits per heavy atom. The highest BCUT2D eigenvalue weighted by Crippen LogP contribution is 2.21. The topological polar surface area (TPSA) is 38.9 Å². The Hall–Kier alpha value is -0.100. The van der Waals surface area contributed by atoms with Crippen molar-refractivity contribution in [3.8, 4) is 0 Å². The average Bonchev–Trinajstić information content (AvgIpc) is 1.93. The van der Waals surface area contributed by atoms with Crippen LogP contribution in [0.3, 0.4) is 0 Å². The molecule has 0 radical (unpaired) electrons. The van der Waals surface area contributed by atoms with Crippen LogP contribution >= 0.6 is 34.2 Å². The van der Waals surface area contributed by atoms with Gasteiger partial charge in [-0.25, -0.2) is 9.37 Å². The van der Waals surface area contributed by atoms with Crippen molar-refractivity contribution in [1.29, 1.82) is 0 Å². The number of nitrogens with zero attached hydrogens (tertiary/aromatic N) is 1. The number of hydrogen-bond acceptors (Lipinski definition) is 2. The second-order valence-corrected chi connectivity index (χ2v) is 3.14. The largest absolute Gasteiger partial charge is 0.395 e. The monoisotopic (exact) mass is 272 g/mol. The molecule has 54 valence electrons. The fourth-order valence-electron chi connectivity index (χ4n) is 0.456. The van der Waals surface area contributed by atoms with Gasteiger partial charge in [-0.05, 0) is 22.6 Å². The van der Waals surface area contributed by atoms with Crippen LogP contribution in [0.1, 0.15) is 0 Å². The molecule has 0 amide bonds. The molecule has 1 heterocycles. The Balaban J connectivity index is 3.34. The summed E-state index contributed by atoms with van der Waals surface area (Å²) in [5.74, 6) is -0.645.